The summed E-state index contributed by atoms with van der Waals surface area (Å²) >= 11 is 0. The van der Waals surface area contributed by atoms with E-state index in [1.54, 1.807) is 6.07 Å². The molecule has 12 heteroatoms. The Balaban J connectivity index is 0.000000479. The summed E-state index contributed by atoms with van der Waals surface area (Å²) in [6, 6.07) is 11.2. The van der Waals surface area contributed by atoms with E-state index in [4.69, 9.17) is 9.90 Å². The number of quaternary nitrogens is 1. The number of carbonyl (C=O) groups is 2. The molecule has 3 aliphatic rings. The average molecular weight is 534 g/mol. The molecule has 1 unspecified atom stereocenters. The predicted molar refractivity (Wildman–Crippen MR) is 116 cm³/mol. The summed E-state index contributed by atoms with van der Waals surface area (Å²) in [4.78, 5) is 22.6. The van der Waals surface area contributed by atoms with Crippen molar-refractivity contribution in [2.75, 3.05) is 12.4 Å². The van der Waals surface area contributed by atoms with Crippen molar-refractivity contribution in [3.63, 3.8) is 0 Å². The molecule has 3 saturated carbocycles. The maximum atomic E-state index is 13.0. The molecule has 2 aromatic carbocycles. The summed E-state index contributed by atoms with van der Waals surface area (Å²) in [5, 5.41) is 11.6. The Kier molecular flexibility index (Phi) is 7.65. The summed E-state index contributed by atoms with van der Waals surface area (Å²) in [5.74, 6) is -3.61. The molecule has 2 atom stereocenters. The van der Waals surface area contributed by atoms with E-state index in [2.05, 4.69) is 5.32 Å². The van der Waals surface area contributed by atoms with Crippen molar-refractivity contribution in [2.45, 2.75) is 50.6 Å². The van der Waals surface area contributed by atoms with Crippen LogP contribution in [0.15, 0.2) is 48.5 Å². The lowest BCUT2D eigenvalue weighted by Gasteiger charge is -2.72. The van der Waals surface area contributed by atoms with Crippen molar-refractivity contribution < 1.29 is 50.3 Å². The van der Waals surface area contributed by atoms with Gasteiger partial charge in [-0.1, -0.05) is 19.1 Å². The summed E-state index contributed by atoms with van der Waals surface area (Å²) < 4.78 is 83.4. The van der Waals surface area contributed by atoms with Crippen LogP contribution in [-0.4, -0.2) is 30.6 Å². The molecule has 0 spiro atoms. The van der Waals surface area contributed by atoms with Gasteiger partial charge in [0, 0.05) is 36.4 Å². The van der Waals surface area contributed by atoms with E-state index in [0.29, 0.717) is 17.8 Å². The Morgan fingerprint density at radius 2 is 1.57 bits per heavy atom. The summed E-state index contributed by atoms with van der Waals surface area (Å²) in [6.45, 7) is 2.44. The fourth-order valence-corrected chi connectivity index (χ4v) is 5.19. The van der Waals surface area contributed by atoms with Crippen LogP contribution in [0.3, 0.4) is 0 Å². The highest BCUT2D eigenvalue weighted by molar-refractivity contribution is 5.93. The number of amides is 1. The fourth-order valence-electron chi connectivity index (χ4n) is 5.19. The molecule has 3 aliphatic carbocycles. The Hall–Kier alpha value is -3.15. The van der Waals surface area contributed by atoms with Crippen molar-refractivity contribution in [3.8, 4) is 0 Å². The van der Waals surface area contributed by atoms with Crippen LogP contribution in [-0.2, 0) is 22.3 Å². The molecule has 0 radical (unpaired) electrons. The Morgan fingerprint density at radius 1 is 1.03 bits per heavy atom. The van der Waals surface area contributed by atoms with Crippen LogP contribution >= 0.6 is 0 Å². The van der Waals surface area contributed by atoms with Crippen molar-refractivity contribution >= 4 is 17.6 Å². The maximum absolute atomic E-state index is 13.0. The van der Waals surface area contributed by atoms with Crippen LogP contribution in [0.4, 0.5) is 36.4 Å². The van der Waals surface area contributed by atoms with E-state index in [1.165, 1.54) is 41.3 Å². The highest BCUT2D eigenvalue weighted by Gasteiger charge is 2.75. The SMILES string of the molecule is C[C@H](C(=O)Nc1ccc(F)cc1)C12CC([NH+](C)Cc3cccc(C(F)(F)F)c3)(C1)C2.O=C([O-])C(F)(F)F. The zero-order valence-electron chi connectivity index (χ0n) is 19.9. The van der Waals surface area contributed by atoms with E-state index in [9.17, 15) is 35.5 Å². The van der Waals surface area contributed by atoms with Crippen molar-refractivity contribution in [1.29, 1.82) is 0 Å². The first-order valence-electron chi connectivity index (χ1n) is 11.3. The third-order valence-corrected chi connectivity index (χ3v) is 7.36. The molecule has 0 aliphatic heterocycles. The molecule has 0 heterocycles. The van der Waals surface area contributed by atoms with Crippen molar-refractivity contribution in [1.82, 2.24) is 0 Å². The zero-order chi connectivity index (χ0) is 27.8. The third kappa shape index (κ3) is 6.23. The number of benzene rings is 2. The van der Waals surface area contributed by atoms with Gasteiger partial charge in [0.05, 0.1) is 18.2 Å². The quantitative estimate of drug-likeness (QED) is 0.559. The fraction of sp³-hybridized carbons (Fsp3) is 0.440. The lowest BCUT2D eigenvalue weighted by atomic mass is 9.35. The van der Waals surface area contributed by atoms with Gasteiger partial charge in [0.25, 0.3) is 0 Å². The van der Waals surface area contributed by atoms with Crippen LogP contribution < -0.4 is 15.3 Å². The number of carboxylic acids is 1. The van der Waals surface area contributed by atoms with Gasteiger partial charge >= 0.3 is 12.4 Å². The van der Waals surface area contributed by atoms with Gasteiger partial charge in [0.15, 0.2) is 0 Å². The normalized spacial score (nSPS) is 23.9. The van der Waals surface area contributed by atoms with E-state index in [1.807, 2.05) is 14.0 Å². The van der Waals surface area contributed by atoms with Gasteiger partial charge < -0.3 is 20.1 Å². The van der Waals surface area contributed by atoms with Gasteiger partial charge in [-0.15, -0.1) is 0 Å². The van der Waals surface area contributed by atoms with Crippen LogP contribution in [0.2, 0.25) is 0 Å². The Morgan fingerprint density at radius 3 is 2.05 bits per heavy atom. The molecule has 0 aromatic heterocycles. The molecule has 1 amide bonds. The minimum atomic E-state index is -5.19. The number of carbonyl (C=O) groups excluding carboxylic acids is 2. The summed E-state index contributed by atoms with van der Waals surface area (Å²) in [5.41, 5.74) is 0.621. The maximum Gasteiger partial charge on any atom is 0.430 e. The molecule has 202 valence electrons. The highest BCUT2D eigenvalue weighted by atomic mass is 19.4. The van der Waals surface area contributed by atoms with Crippen LogP contribution in [0, 0.1) is 17.2 Å². The van der Waals surface area contributed by atoms with Crippen LogP contribution in [0.1, 0.15) is 37.3 Å². The molecule has 0 saturated heterocycles. The number of hydrogen-bond acceptors (Lipinski definition) is 3. The number of halogens is 7. The summed E-state index contributed by atoms with van der Waals surface area (Å²) in [6.07, 6.45) is -6.86. The van der Waals surface area contributed by atoms with Gasteiger partial charge in [0.1, 0.15) is 18.3 Å². The second kappa shape index (κ2) is 9.96. The number of anilines is 1. The molecule has 2 aromatic rings. The standard InChI is InChI=1S/C23H24F4N2O.C2HF3O2/c1-15(20(30)28-19-8-6-18(24)7-9-19)21-12-22(13-21,14-21)29(2)11-16-4-3-5-17(10-16)23(25,26)27;3-2(4,5)1(6)7/h3-10,15H,11-14H2,1-2H3,(H,28,30);(H,6,7)/t15-,21?,22?;/m1./s1. The number of carboxylic acid groups (broad SMARTS) is 1. The molecular formula is C25H25F7N2O3. The number of nitrogens with one attached hydrogen (secondary N) is 2. The second-order valence-corrected chi connectivity index (χ2v) is 9.83. The number of hydrogen-bond donors (Lipinski definition) is 2. The highest BCUT2D eigenvalue weighted by Crippen LogP contribution is 2.69. The molecule has 2 bridgehead atoms. The number of aliphatic carboxylic acids is 1. The predicted octanol–water partition coefficient (Wildman–Crippen LogP) is 3.36. The monoisotopic (exact) mass is 534 g/mol. The van der Waals surface area contributed by atoms with Crippen LogP contribution in [0.5, 0.6) is 0 Å². The van der Waals surface area contributed by atoms with Crippen molar-refractivity contribution in [3.05, 3.63) is 65.5 Å². The minimum absolute atomic E-state index is 0.0403. The minimum Gasteiger partial charge on any atom is -0.542 e. The summed E-state index contributed by atoms with van der Waals surface area (Å²) in [7, 11) is 2.02. The topological polar surface area (TPSA) is 73.7 Å². The number of alkyl halides is 6. The molecule has 2 N–H and O–H groups in total. The first-order chi connectivity index (χ1) is 17.0. The van der Waals surface area contributed by atoms with E-state index in [0.717, 1.165) is 25.3 Å². The molecule has 37 heavy (non-hydrogen) atoms. The van der Waals surface area contributed by atoms with E-state index < -0.39 is 23.9 Å². The first-order valence-corrected chi connectivity index (χ1v) is 11.3. The molecule has 3 fully saturated rings. The van der Waals surface area contributed by atoms with Crippen LogP contribution in [0.25, 0.3) is 0 Å². The lowest BCUT2D eigenvalue weighted by Crippen LogP contribution is -3.22. The Bertz CT molecular complexity index is 1130. The van der Waals surface area contributed by atoms with Gasteiger partial charge in [-0.05, 0) is 41.8 Å². The molecular weight excluding hydrogens is 509 g/mol. The van der Waals surface area contributed by atoms with E-state index >= 15 is 0 Å². The van der Waals surface area contributed by atoms with Gasteiger partial charge in [-0.3, -0.25) is 4.79 Å². The zero-order valence-corrected chi connectivity index (χ0v) is 19.9. The van der Waals surface area contributed by atoms with Gasteiger partial charge in [-0.2, -0.15) is 26.3 Å². The molecule has 5 rings (SSSR count). The first kappa shape index (κ1) is 28.4. The number of rotatable bonds is 6. The van der Waals surface area contributed by atoms with Crippen molar-refractivity contribution in [2.24, 2.45) is 11.3 Å². The average Bonchev–Trinajstić information content (AvgIpc) is 2.72. The third-order valence-electron chi connectivity index (χ3n) is 7.36. The van der Waals surface area contributed by atoms with Gasteiger partial charge in [-0.25, -0.2) is 4.39 Å². The lowest BCUT2D eigenvalue weighted by molar-refractivity contribution is -0.976. The largest absolute Gasteiger partial charge is 0.542 e. The van der Waals surface area contributed by atoms with E-state index in [-0.39, 0.29) is 28.6 Å². The van der Waals surface area contributed by atoms with Gasteiger partial charge in [0.2, 0.25) is 5.91 Å². The second-order valence-electron chi connectivity index (χ2n) is 9.83. The molecule has 5 nitrogen and oxygen atoms in total. The smallest absolute Gasteiger partial charge is 0.430 e. The Labute approximate surface area is 208 Å².